The first-order chi connectivity index (χ1) is 17.8. The second-order valence-corrected chi connectivity index (χ2v) is 11.4. The van der Waals surface area contributed by atoms with E-state index >= 15 is 0 Å². The molecule has 37 heavy (non-hydrogen) atoms. The van der Waals surface area contributed by atoms with Gasteiger partial charge in [0.1, 0.15) is 5.82 Å². The lowest BCUT2D eigenvalue weighted by atomic mass is 9.95. The Bertz CT molecular complexity index is 1330. The number of aliphatic hydroxyl groups is 1. The largest absolute Gasteiger partial charge is 0.389 e. The maximum absolute atomic E-state index is 13.0. The van der Waals surface area contributed by atoms with Crippen molar-refractivity contribution in [2.45, 2.75) is 37.3 Å². The van der Waals surface area contributed by atoms with E-state index in [1.165, 1.54) is 0 Å². The van der Waals surface area contributed by atoms with Gasteiger partial charge in [0.25, 0.3) is 0 Å². The Morgan fingerprint density at radius 3 is 2.65 bits per heavy atom. The lowest BCUT2D eigenvalue weighted by molar-refractivity contribution is -0.117. The highest BCUT2D eigenvalue weighted by atomic mass is 35.5. The van der Waals surface area contributed by atoms with E-state index in [2.05, 4.69) is 45.0 Å². The second-order valence-electron chi connectivity index (χ2n) is 11.0. The van der Waals surface area contributed by atoms with E-state index in [1.54, 1.807) is 12.4 Å². The van der Waals surface area contributed by atoms with E-state index in [-0.39, 0.29) is 22.8 Å². The molecule has 8 nitrogen and oxygen atoms in total. The van der Waals surface area contributed by atoms with Gasteiger partial charge in [0.05, 0.1) is 41.5 Å². The van der Waals surface area contributed by atoms with Gasteiger partial charge in [-0.05, 0) is 49.1 Å². The number of amides is 1. The Kier molecular flexibility index (Phi) is 6.11. The number of nitrogens with zero attached hydrogens (tertiary/aromatic N) is 4. The summed E-state index contributed by atoms with van der Waals surface area (Å²) < 4.78 is 5.53. The third-order valence-corrected chi connectivity index (χ3v) is 8.88. The highest BCUT2D eigenvalue weighted by Crippen LogP contribution is 2.53. The number of fused-ring (bicyclic) bond motifs is 1. The van der Waals surface area contributed by atoms with E-state index in [0.29, 0.717) is 24.1 Å². The molecule has 0 bridgehead atoms. The smallest absolute Gasteiger partial charge is 0.229 e. The van der Waals surface area contributed by atoms with E-state index in [0.717, 1.165) is 54.8 Å². The number of aromatic nitrogens is 2. The van der Waals surface area contributed by atoms with Crippen LogP contribution in [0.5, 0.6) is 0 Å². The number of piperazine rings is 1. The standard InChI is InChI=1S/C28H32ClN5O3/c1-27(23-5-3-4-6-30-23)14-20(27)26(36)32-25-13-18-12-22(21(29)11-19(18)15-31-25)33-7-9-34(10-8-33)28(2)17-37-16-24(28)35/h3-6,11-13,15,20,24,35H,7-10,14,16-17H2,1-2H3,(H,31,32,36). The quantitative estimate of drug-likeness (QED) is 0.531. The summed E-state index contributed by atoms with van der Waals surface area (Å²) in [6.07, 6.45) is 3.83. The summed E-state index contributed by atoms with van der Waals surface area (Å²) in [6.45, 7) is 8.34. The van der Waals surface area contributed by atoms with Gasteiger partial charge in [-0.25, -0.2) is 4.98 Å². The van der Waals surface area contributed by atoms with E-state index in [1.807, 2.05) is 30.3 Å². The number of rotatable bonds is 5. The molecule has 4 atom stereocenters. The van der Waals surface area contributed by atoms with Gasteiger partial charge in [0, 0.05) is 55.1 Å². The van der Waals surface area contributed by atoms with Gasteiger partial charge >= 0.3 is 0 Å². The molecule has 1 aliphatic carbocycles. The van der Waals surface area contributed by atoms with Crippen LogP contribution >= 0.6 is 11.6 Å². The summed E-state index contributed by atoms with van der Waals surface area (Å²) >= 11 is 6.70. The van der Waals surface area contributed by atoms with Crippen molar-refractivity contribution in [2.24, 2.45) is 5.92 Å². The van der Waals surface area contributed by atoms with Crippen LogP contribution in [0.1, 0.15) is 26.0 Å². The molecule has 6 rings (SSSR count). The molecule has 1 amide bonds. The number of pyridine rings is 2. The number of aliphatic hydroxyl groups excluding tert-OH is 1. The zero-order chi connectivity index (χ0) is 25.8. The first-order valence-corrected chi connectivity index (χ1v) is 13.2. The number of carbonyl (C=O) groups is 1. The van der Waals surface area contributed by atoms with Crippen LogP contribution in [0.4, 0.5) is 11.5 Å². The predicted molar refractivity (Wildman–Crippen MR) is 144 cm³/mol. The molecule has 9 heteroatoms. The van der Waals surface area contributed by atoms with Crippen molar-refractivity contribution in [1.82, 2.24) is 14.9 Å². The summed E-state index contributed by atoms with van der Waals surface area (Å²) in [6, 6.07) is 11.8. The minimum absolute atomic E-state index is 0.0307. The van der Waals surface area contributed by atoms with Gasteiger partial charge < -0.3 is 20.1 Å². The van der Waals surface area contributed by atoms with Gasteiger partial charge in [0.2, 0.25) is 5.91 Å². The molecule has 2 aliphatic heterocycles. The zero-order valence-electron chi connectivity index (χ0n) is 21.2. The fraction of sp³-hybridized carbons (Fsp3) is 0.464. The number of halogens is 1. The highest BCUT2D eigenvalue weighted by Gasteiger charge is 2.56. The van der Waals surface area contributed by atoms with Crippen molar-refractivity contribution in [2.75, 3.05) is 49.6 Å². The van der Waals surface area contributed by atoms with Gasteiger partial charge in [-0.15, -0.1) is 0 Å². The second kappa shape index (κ2) is 9.20. The van der Waals surface area contributed by atoms with Crippen LogP contribution in [0.2, 0.25) is 5.02 Å². The Balaban J connectivity index is 1.16. The van der Waals surface area contributed by atoms with Crippen molar-refractivity contribution >= 4 is 39.8 Å². The topological polar surface area (TPSA) is 90.8 Å². The van der Waals surface area contributed by atoms with Crippen LogP contribution in [0, 0.1) is 5.92 Å². The van der Waals surface area contributed by atoms with Crippen LogP contribution in [0.3, 0.4) is 0 Å². The molecule has 3 aromatic rings. The van der Waals surface area contributed by atoms with Crippen molar-refractivity contribution in [3.05, 3.63) is 59.5 Å². The van der Waals surface area contributed by atoms with Crippen molar-refractivity contribution in [3.63, 3.8) is 0 Å². The third-order valence-electron chi connectivity index (χ3n) is 8.57. The first-order valence-electron chi connectivity index (χ1n) is 12.9. The third kappa shape index (κ3) is 4.36. The molecule has 1 saturated carbocycles. The molecular formula is C28H32ClN5O3. The number of benzene rings is 1. The number of nitrogens with one attached hydrogen (secondary N) is 1. The molecule has 1 aromatic carbocycles. The molecule has 4 unspecified atom stereocenters. The van der Waals surface area contributed by atoms with E-state index in [4.69, 9.17) is 16.3 Å². The average molecular weight is 522 g/mol. The van der Waals surface area contributed by atoms with Crippen molar-refractivity contribution < 1.29 is 14.6 Å². The Morgan fingerprint density at radius 2 is 1.95 bits per heavy atom. The molecule has 4 heterocycles. The molecular weight excluding hydrogens is 490 g/mol. The van der Waals surface area contributed by atoms with Gasteiger partial charge in [-0.1, -0.05) is 24.6 Å². The number of hydrogen-bond acceptors (Lipinski definition) is 7. The Morgan fingerprint density at radius 1 is 1.14 bits per heavy atom. The number of hydrogen-bond donors (Lipinski definition) is 2. The van der Waals surface area contributed by atoms with Gasteiger partial charge in [-0.2, -0.15) is 0 Å². The molecule has 3 aliphatic rings. The Labute approximate surface area is 221 Å². The average Bonchev–Trinajstić information content (AvgIpc) is 3.50. The van der Waals surface area contributed by atoms with E-state index in [9.17, 15) is 9.90 Å². The van der Waals surface area contributed by atoms with Crippen LogP contribution in [-0.4, -0.2) is 76.9 Å². The Hall–Kier alpha value is -2.78. The van der Waals surface area contributed by atoms with Crippen LogP contribution in [0.25, 0.3) is 10.8 Å². The van der Waals surface area contributed by atoms with Crippen LogP contribution < -0.4 is 10.2 Å². The first kappa shape index (κ1) is 24.6. The van der Waals surface area contributed by atoms with Crippen molar-refractivity contribution in [3.8, 4) is 0 Å². The summed E-state index contributed by atoms with van der Waals surface area (Å²) in [5.74, 6) is 0.383. The predicted octanol–water partition coefficient (Wildman–Crippen LogP) is 3.47. The fourth-order valence-electron chi connectivity index (χ4n) is 5.82. The lowest BCUT2D eigenvalue weighted by Gasteiger charge is -2.45. The summed E-state index contributed by atoms with van der Waals surface area (Å²) in [4.78, 5) is 26.5. The lowest BCUT2D eigenvalue weighted by Crippen LogP contribution is -2.60. The monoisotopic (exact) mass is 521 g/mol. The normalized spacial score (nSPS) is 30.0. The molecule has 194 valence electrons. The molecule has 2 N–H and O–H groups in total. The van der Waals surface area contributed by atoms with Crippen LogP contribution in [0.15, 0.2) is 48.8 Å². The SMILES string of the molecule is CC1(c2ccccn2)CC1C(=O)Nc1cc2cc(N3CCN(C4(C)COCC4O)CC3)c(Cl)cc2cn1. The summed E-state index contributed by atoms with van der Waals surface area (Å²) in [5, 5.41) is 16.0. The molecule has 2 saturated heterocycles. The van der Waals surface area contributed by atoms with Gasteiger partial charge in [0.15, 0.2) is 0 Å². The van der Waals surface area contributed by atoms with Gasteiger partial charge in [-0.3, -0.25) is 14.7 Å². The number of anilines is 2. The maximum Gasteiger partial charge on any atom is 0.229 e. The minimum atomic E-state index is -0.470. The fourth-order valence-corrected chi connectivity index (χ4v) is 6.11. The molecule has 2 aromatic heterocycles. The van der Waals surface area contributed by atoms with E-state index < -0.39 is 6.10 Å². The molecule has 0 radical (unpaired) electrons. The molecule has 0 spiro atoms. The molecule has 3 fully saturated rings. The number of carbonyl (C=O) groups excluding carboxylic acids is 1. The highest BCUT2D eigenvalue weighted by molar-refractivity contribution is 6.34. The summed E-state index contributed by atoms with van der Waals surface area (Å²) in [7, 11) is 0. The minimum Gasteiger partial charge on any atom is -0.389 e. The summed E-state index contributed by atoms with van der Waals surface area (Å²) in [5.41, 5.74) is 1.34. The van der Waals surface area contributed by atoms with Crippen LogP contribution in [-0.2, 0) is 14.9 Å². The van der Waals surface area contributed by atoms with Crippen molar-refractivity contribution in [1.29, 1.82) is 0 Å². The zero-order valence-corrected chi connectivity index (χ0v) is 21.9. The number of ether oxygens (including phenoxy) is 1. The maximum atomic E-state index is 13.0.